The summed E-state index contributed by atoms with van der Waals surface area (Å²) in [6, 6.07) is 6.26. The molecular weight excluding hydrogens is 182 g/mol. The lowest BCUT2D eigenvalue weighted by Gasteiger charge is -2.08. The molecule has 0 aromatic heterocycles. The largest absolute Gasteiger partial charge is 0.496 e. The van der Waals surface area contributed by atoms with E-state index in [4.69, 9.17) is 4.74 Å². The summed E-state index contributed by atoms with van der Waals surface area (Å²) in [6.07, 6.45) is 1.06. The Morgan fingerprint density at radius 1 is 1.46 bits per heavy atom. The van der Waals surface area contributed by atoms with E-state index < -0.39 is 0 Å². The van der Waals surface area contributed by atoms with Crippen LogP contribution >= 0.6 is 11.9 Å². The van der Waals surface area contributed by atoms with Crippen molar-refractivity contribution >= 4 is 11.9 Å². The molecule has 1 aromatic carbocycles. The van der Waals surface area contributed by atoms with Crippen LogP contribution in [0.15, 0.2) is 23.1 Å². The van der Waals surface area contributed by atoms with E-state index in [1.807, 2.05) is 13.1 Å². The number of nitrogens with one attached hydrogen (secondary N) is 1. The average molecular weight is 197 g/mol. The second kappa shape index (κ2) is 5.14. The lowest BCUT2D eigenvalue weighted by Crippen LogP contribution is -1.95. The number of hydrogen-bond donors (Lipinski definition) is 1. The number of aryl methyl sites for hydroxylation is 1. The van der Waals surface area contributed by atoms with Crippen LogP contribution in [0.3, 0.4) is 0 Å². The Morgan fingerprint density at radius 3 is 2.77 bits per heavy atom. The first-order valence-corrected chi connectivity index (χ1v) is 5.14. The van der Waals surface area contributed by atoms with Crippen molar-refractivity contribution in [2.45, 2.75) is 18.2 Å². The van der Waals surface area contributed by atoms with Crippen LogP contribution in [0.2, 0.25) is 0 Å². The maximum Gasteiger partial charge on any atom is 0.133 e. The molecule has 0 atom stereocenters. The van der Waals surface area contributed by atoms with Crippen molar-refractivity contribution in [2.24, 2.45) is 0 Å². The molecule has 0 spiro atoms. The van der Waals surface area contributed by atoms with E-state index in [1.165, 1.54) is 5.56 Å². The highest BCUT2D eigenvalue weighted by Crippen LogP contribution is 2.28. The van der Waals surface area contributed by atoms with Gasteiger partial charge in [-0.25, -0.2) is 0 Å². The minimum atomic E-state index is 0.927. The van der Waals surface area contributed by atoms with Gasteiger partial charge >= 0.3 is 0 Å². The molecule has 0 radical (unpaired) electrons. The lowest BCUT2D eigenvalue weighted by atomic mass is 10.2. The zero-order valence-electron chi connectivity index (χ0n) is 8.26. The molecule has 0 aliphatic heterocycles. The highest BCUT2D eigenvalue weighted by molar-refractivity contribution is 7.97. The predicted octanol–water partition coefficient (Wildman–Crippen LogP) is 2.48. The third-order valence-electron chi connectivity index (χ3n) is 1.85. The number of hydrogen-bond acceptors (Lipinski definition) is 3. The zero-order valence-corrected chi connectivity index (χ0v) is 9.07. The van der Waals surface area contributed by atoms with Crippen molar-refractivity contribution in [3.8, 4) is 5.75 Å². The van der Waals surface area contributed by atoms with Crippen LogP contribution in [-0.2, 0) is 6.42 Å². The van der Waals surface area contributed by atoms with Gasteiger partial charge < -0.3 is 4.74 Å². The Hall–Kier alpha value is -0.670. The average Bonchev–Trinajstić information content (AvgIpc) is 2.18. The fourth-order valence-corrected chi connectivity index (χ4v) is 1.81. The molecule has 1 N–H and O–H groups in total. The van der Waals surface area contributed by atoms with Gasteiger partial charge in [0.1, 0.15) is 5.75 Å². The maximum absolute atomic E-state index is 5.24. The Morgan fingerprint density at radius 2 is 2.23 bits per heavy atom. The third kappa shape index (κ3) is 2.64. The van der Waals surface area contributed by atoms with E-state index in [9.17, 15) is 0 Å². The van der Waals surface area contributed by atoms with E-state index in [0.717, 1.165) is 17.1 Å². The Balaban J connectivity index is 2.95. The lowest BCUT2D eigenvalue weighted by molar-refractivity contribution is 0.404. The minimum absolute atomic E-state index is 0.927. The van der Waals surface area contributed by atoms with Crippen LogP contribution in [0.4, 0.5) is 0 Å². The Kier molecular flexibility index (Phi) is 4.12. The predicted molar refractivity (Wildman–Crippen MR) is 57.3 cm³/mol. The molecule has 0 saturated carbocycles. The molecule has 0 saturated heterocycles. The highest BCUT2D eigenvalue weighted by atomic mass is 32.2. The van der Waals surface area contributed by atoms with Crippen LogP contribution in [0, 0.1) is 0 Å². The molecule has 1 rings (SSSR count). The van der Waals surface area contributed by atoms with Gasteiger partial charge in [0.2, 0.25) is 0 Å². The first-order chi connectivity index (χ1) is 6.31. The molecule has 0 bridgehead atoms. The molecule has 2 nitrogen and oxygen atoms in total. The quantitative estimate of drug-likeness (QED) is 0.749. The number of benzene rings is 1. The molecule has 1 aromatic rings. The summed E-state index contributed by atoms with van der Waals surface area (Å²) < 4.78 is 8.28. The summed E-state index contributed by atoms with van der Waals surface area (Å²) in [5.41, 5.74) is 1.33. The van der Waals surface area contributed by atoms with Crippen LogP contribution in [-0.4, -0.2) is 14.2 Å². The van der Waals surface area contributed by atoms with Crippen molar-refractivity contribution in [1.29, 1.82) is 0 Å². The van der Waals surface area contributed by atoms with E-state index in [-0.39, 0.29) is 0 Å². The van der Waals surface area contributed by atoms with E-state index in [1.54, 1.807) is 19.1 Å². The van der Waals surface area contributed by atoms with Gasteiger partial charge in [0.25, 0.3) is 0 Å². The second-order valence-corrected chi connectivity index (χ2v) is 3.70. The highest BCUT2D eigenvalue weighted by Gasteiger charge is 2.02. The third-order valence-corrected chi connectivity index (χ3v) is 2.59. The smallest absolute Gasteiger partial charge is 0.133 e. The Labute approximate surface area is 83.8 Å². The topological polar surface area (TPSA) is 21.3 Å². The standard InChI is InChI=1S/C10H15NOS/c1-4-8-5-6-9(12-3)10(7-8)13-11-2/h5-7,11H,4H2,1-3H3. The van der Waals surface area contributed by atoms with E-state index in [2.05, 4.69) is 23.8 Å². The molecule has 72 valence electrons. The molecule has 0 amide bonds. The van der Waals surface area contributed by atoms with Crippen molar-refractivity contribution in [2.75, 3.05) is 14.2 Å². The van der Waals surface area contributed by atoms with Gasteiger partial charge in [-0.2, -0.15) is 0 Å². The van der Waals surface area contributed by atoms with Gasteiger partial charge in [0.05, 0.1) is 12.0 Å². The fraction of sp³-hybridized carbons (Fsp3) is 0.400. The van der Waals surface area contributed by atoms with Crippen molar-refractivity contribution in [3.05, 3.63) is 23.8 Å². The molecule has 13 heavy (non-hydrogen) atoms. The summed E-state index contributed by atoms with van der Waals surface area (Å²) in [7, 11) is 3.60. The van der Waals surface area contributed by atoms with Crippen LogP contribution in [0.25, 0.3) is 0 Å². The van der Waals surface area contributed by atoms with Crippen LogP contribution in [0.1, 0.15) is 12.5 Å². The van der Waals surface area contributed by atoms with Gasteiger partial charge in [-0.1, -0.05) is 13.0 Å². The zero-order chi connectivity index (χ0) is 9.68. The molecule has 0 fully saturated rings. The normalized spacial score (nSPS) is 10.1. The summed E-state index contributed by atoms with van der Waals surface area (Å²) in [4.78, 5) is 1.14. The summed E-state index contributed by atoms with van der Waals surface area (Å²) in [5, 5.41) is 0. The molecule has 3 heteroatoms. The summed E-state index contributed by atoms with van der Waals surface area (Å²) in [5.74, 6) is 0.927. The monoisotopic (exact) mass is 197 g/mol. The minimum Gasteiger partial charge on any atom is -0.496 e. The number of rotatable bonds is 4. The molecule has 0 unspecified atom stereocenters. The first kappa shape index (κ1) is 10.4. The fourth-order valence-electron chi connectivity index (χ4n) is 1.13. The van der Waals surface area contributed by atoms with Crippen molar-refractivity contribution in [3.63, 3.8) is 0 Å². The summed E-state index contributed by atoms with van der Waals surface area (Å²) >= 11 is 1.58. The molecule has 0 aliphatic rings. The van der Waals surface area contributed by atoms with Gasteiger partial charge in [0.15, 0.2) is 0 Å². The number of methoxy groups -OCH3 is 1. The van der Waals surface area contributed by atoms with Gasteiger partial charge in [0, 0.05) is 0 Å². The molecular formula is C10H15NOS. The van der Waals surface area contributed by atoms with Crippen LogP contribution < -0.4 is 9.46 Å². The Bertz CT molecular complexity index is 276. The first-order valence-electron chi connectivity index (χ1n) is 4.32. The molecule has 0 heterocycles. The van der Waals surface area contributed by atoms with Crippen molar-refractivity contribution < 1.29 is 4.74 Å². The van der Waals surface area contributed by atoms with E-state index in [0.29, 0.717) is 0 Å². The van der Waals surface area contributed by atoms with Gasteiger partial charge in [-0.05, 0) is 43.1 Å². The maximum atomic E-state index is 5.24. The number of ether oxygens (including phenoxy) is 1. The summed E-state index contributed by atoms with van der Waals surface area (Å²) in [6.45, 7) is 2.15. The van der Waals surface area contributed by atoms with E-state index >= 15 is 0 Å². The van der Waals surface area contributed by atoms with Crippen molar-refractivity contribution in [1.82, 2.24) is 4.72 Å². The van der Waals surface area contributed by atoms with Gasteiger partial charge in [-0.15, -0.1) is 0 Å². The molecule has 0 aliphatic carbocycles. The van der Waals surface area contributed by atoms with Gasteiger partial charge in [-0.3, -0.25) is 4.72 Å². The van der Waals surface area contributed by atoms with Crippen LogP contribution in [0.5, 0.6) is 5.75 Å². The SMILES string of the molecule is CCc1ccc(OC)c(SNC)c1. The second-order valence-electron chi connectivity index (χ2n) is 2.64.